The van der Waals surface area contributed by atoms with Crippen LogP contribution in [-0.2, 0) is 4.74 Å². The van der Waals surface area contributed by atoms with Crippen molar-refractivity contribution in [2.75, 3.05) is 6.61 Å². The zero-order valence-electron chi connectivity index (χ0n) is 8.66. The molecule has 1 aromatic carbocycles. The fourth-order valence-electron chi connectivity index (χ4n) is 1.44. The van der Waals surface area contributed by atoms with Crippen LogP contribution in [0.15, 0.2) is 39.8 Å². The Morgan fingerprint density at radius 3 is 2.81 bits per heavy atom. The Balaban J connectivity index is 2.05. The van der Waals surface area contributed by atoms with Crippen LogP contribution in [-0.4, -0.2) is 18.8 Å². The average molecular weight is 348 g/mol. The maximum Gasteiger partial charge on any atom is 0.130 e. The molecule has 1 heterocycles. The van der Waals surface area contributed by atoms with Gasteiger partial charge in [-0.25, -0.2) is 0 Å². The van der Waals surface area contributed by atoms with Crippen LogP contribution in [0.25, 0.3) is 0 Å². The van der Waals surface area contributed by atoms with Gasteiger partial charge in [0.1, 0.15) is 18.0 Å². The molecule has 16 heavy (non-hydrogen) atoms. The normalized spacial score (nSPS) is 20.2. The maximum absolute atomic E-state index is 5.87. The minimum atomic E-state index is 0.0746. The van der Waals surface area contributed by atoms with E-state index in [-0.39, 0.29) is 12.2 Å². The van der Waals surface area contributed by atoms with E-state index in [4.69, 9.17) is 9.47 Å². The summed E-state index contributed by atoms with van der Waals surface area (Å²) in [5, 5.41) is 0. The van der Waals surface area contributed by atoms with Crippen LogP contribution in [0, 0.1) is 0 Å². The number of halogens is 2. The summed E-state index contributed by atoms with van der Waals surface area (Å²) < 4.78 is 13.1. The van der Waals surface area contributed by atoms with Gasteiger partial charge in [-0.15, -0.1) is 6.58 Å². The molecule has 0 spiro atoms. The van der Waals surface area contributed by atoms with Crippen LogP contribution in [0.1, 0.15) is 6.42 Å². The summed E-state index contributed by atoms with van der Waals surface area (Å²) in [7, 11) is 0. The number of rotatable bonds is 5. The van der Waals surface area contributed by atoms with Crippen LogP contribution in [0.4, 0.5) is 0 Å². The highest BCUT2D eigenvalue weighted by Gasteiger charge is 2.33. The van der Waals surface area contributed by atoms with Crippen molar-refractivity contribution in [3.05, 3.63) is 39.8 Å². The van der Waals surface area contributed by atoms with Crippen LogP contribution >= 0.6 is 31.9 Å². The Morgan fingerprint density at radius 2 is 2.25 bits per heavy atom. The molecule has 0 bridgehead atoms. The molecule has 0 aliphatic carbocycles. The quantitative estimate of drug-likeness (QED) is 0.594. The topological polar surface area (TPSA) is 21.8 Å². The Kier molecular flexibility index (Phi) is 4.05. The fraction of sp³-hybridized carbons (Fsp3) is 0.333. The van der Waals surface area contributed by atoms with Gasteiger partial charge in [-0.2, -0.15) is 0 Å². The number of ether oxygens (including phenoxy) is 2. The molecule has 1 aromatic rings. The van der Waals surface area contributed by atoms with E-state index in [1.807, 2.05) is 24.3 Å². The van der Waals surface area contributed by atoms with Gasteiger partial charge >= 0.3 is 0 Å². The van der Waals surface area contributed by atoms with E-state index >= 15 is 0 Å². The van der Waals surface area contributed by atoms with Gasteiger partial charge in [-0.3, -0.25) is 0 Å². The molecule has 86 valence electrons. The third-order valence-electron chi connectivity index (χ3n) is 2.35. The molecule has 2 atom stereocenters. The molecule has 2 nitrogen and oxygen atoms in total. The first-order valence-electron chi connectivity index (χ1n) is 5.05. The minimum absolute atomic E-state index is 0.0746. The monoisotopic (exact) mass is 346 g/mol. The van der Waals surface area contributed by atoms with E-state index < -0.39 is 0 Å². The lowest BCUT2D eigenvalue weighted by atomic mass is 10.2. The van der Waals surface area contributed by atoms with Gasteiger partial charge in [0.2, 0.25) is 0 Å². The van der Waals surface area contributed by atoms with Gasteiger partial charge in [0.05, 0.1) is 6.61 Å². The predicted molar refractivity (Wildman–Crippen MR) is 70.8 cm³/mol. The summed E-state index contributed by atoms with van der Waals surface area (Å²) in [5.41, 5.74) is 0. The van der Waals surface area contributed by atoms with Crippen molar-refractivity contribution in [1.82, 2.24) is 0 Å². The summed E-state index contributed by atoms with van der Waals surface area (Å²) in [4.78, 5) is 0. The van der Waals surface area contributed by atoms with E-state index in [2.05, 4.69) is 38.4 Å². The highest BCUT2D eigenvalue weighted by atomic mass is 79.9. The molecule has 0 N–H and O–H groups in total. The number of benzene rings is 1. The first-order valence-corrected chi connectivity index (χ1v) is 6.63. The van der Waals surface area contributed by atoms with Crippen molar-refractivity contribution in [2.45, 2.75) is 18.6 Å². The standard InChI is InChI=1S/C12H12Br2O2/c1-2-3-11(12-7-15-12)16-8-4-5-9(13)10(14)6-8/h2,4-6,11-12H,1,3,7H2. The van der Waals surface area contributed by atoms with Crippen LogP contribution in [0.3, 0.4) is 0 Å². The molecule has 0 aromatic heterocycles. The lowest BCUT2D eigenvalue weighted by Crippen LogP contribution is -2.22. The Bertz CT molecular complexity index is 389. The molecular formula is C12H12Br2O2. The second kappa shape index (κ2) is 5.34. The SMILES string of the molecule is C=CCC(Oc1ccc(Br)c(Br)c1)C1CO1. The van der Waals surface area contributed by atoms with Gasteiger partial charge in [-0.05, 0) is 50.1 Å². The number of hydrogen-bond donors (Lipinski definition) is 0. The first-order chi connectivity index (χ1) is 7.70. The lowest BCUT2D eigenvalue weighted by molar-refractivity contribution is 0.162. The third kappa shape index (κ3) is 3.09. The lowest BCUT2D eigenvalue weighted by Gasteiger charge is -2.15. The van der Waals surface area contributed by atoms with Gasteiger partial charge in [-0.1, -0.05) is 6.08 Å². The molecule has 0 saturated carbocycles. The van der Waals surface area contributed by atoms with Crippen LogP contribution in [0.5, 0.6) is 5.75 Å². The fourth-order valence-corrected chi connectivity index (χ4v) is 2.04. The zero-order chi connectivity index (χ0) is 11.5. The third-order valence-corrected chi connectivity index (χ3v) is 4.23. The van der Waals surface area contributed by atoms with Crippen molar-refractivity contribution in [2.24, 2.45) is 0 Å². The Labute approximate surface area is 112 Å². The van der Waals surface area contributed by atoms with Crippen molar-refractivity contribution >= 4 is 31.9 Å². The summed E-state index contributed by atoms with van der Waals surface area (Å²) in [5.74, 6) is 0.845. The van der Waals surface area contributed by atoms with Crippen molar-refractivity contribution in [1.29, 1.82) is 0 Å². The van der Waals surface area contributed by atoms with E-state index in [0.717, 1.165) is 27.7 Å². The van der Waals surface area contributed by atoms with Crippen LogP contribution in [0.2, 0.25) is 0 Å². The summed E-state index contributed by atoms with van der Waals surface area (Å²) in [6.07, 6.45) is 2.96. The molecular weight excluding hydrogens is 336 g/mol. The molecule has 4 heteroatoms. The highest BCUT2D eigenvalue weighted by molar-refractivity contribution is 9.13. The second-order valence-electron chi connectivity index (χ2n) is 3.63. The van der Waals surface area contributed by atoms with Gasteiger partial charge < -0.3 is 9.47 Å². The van der Waals surface area contributed by atoms with Crippen LogP contribution < -0.4 is 4.74 Å². The highest BCUT2D eigenvalue weighted by Crippen LogP contribution is 2.29. The second-order valence-corrected chi connectivity index (χ2v) is 5.34. The minimum Gasteiger partial charge on any atom is -0.487 e. The van der Waals surface area contributed by atoms with E-state index in [1.54, 1.807) is 0 Å². The summed E-state index contributed by atoms with van der Waals surface area (Å²) in [6, 6.07) is 5.84. The number of hydrogen-bond acceptors (Lipinski definition) is 2. The zero-order valence-corrected chi connectivity index (χ0v) is 11.8. The van der Waals surface area contributed by atoms with Gasteiger partial charge in [0, 0.05) is 15.4 Å². The van der Waals surface area contributed by atoms with Gasteiger partial charge in [0.15, 0.2) is 0 Å². The van der Waals surface area contributed by atoms with Crippen molar-refractivity contribution in [3.8, 4) is 5.75 Å². The molecule has 0 radical (unpaired) electrons. The maximum atomic E-state index is 5.87. The molecule has 1 saturated heterocycles. The Hall–Kier alpha value is -0.320. The van der Waals surface area contributed by atoms with Crippen molar-refractivity contribution < 1.29 is 9.47 Å². The molecule has 0 amide bonds. The molecule has 2 unspecified atom stereocenters. The summed E-state index contributed by atoms with van der Waals surface area (Å²) in [6.45, 7) is 4.52. The van der Waals surface area contributed by atoms with E-state index in [0.29, 0.717) is 0 Å². The summed E-state index contributed by atoms with van der Waals surface area (Å²) >= 11 is 6.87. The smallest absolute Gasteiger partial charge is 0.130 e. The predicted octanol–water partition coefficient (Wildman–Crippen LogP) is 3.93. The number of epoxide rings is 1. The first kappa shape index (κ1) is 12.1. The van der Waals surface area contributed by atoms with E-state index in [9.17, 15) is 0 Å². The molecule has 1 aliphatic rings. The van der Waals surface area contributed by atoms with Crippen molar-refractivity contribution in [3.63, 3.8) is 0 Å². The molecule has 2 rings (SSSR count). The van der Waals surface area contributed by atoms with E-state index in [1.165, 1.54) is 0 Å². The largest absolute Gasteiger partial charge is 0.487 e. The van der Waals surface area contributed by atoms with Gasteiger partial charge in [0.25, 0.3) is 0 Å². The Morgan fingerprint density at radius 1 is 1.50 bits per heavy atom. The molecule has 1 aliphatic heterocycles. The molecule has 1 fully saturated rings. The average Bonchev–Trinajstić information content (AvgIpc) is 3.06.